The number of nitrogens with two attached hydrogens (primary N) is 2. The van der Waals surface area contributed by atoms with Crippen molar-refractivity contribution in [1.29, 1.82) is 0 Å². The average Bonchev–Trinajstić information content (AvgIpc) is 3.47. The number of carbonyl (C=O) groups excluding carboxylic acids is 1. The molecular formula is C35H56F5N7O. The van der Waals surface area contributed by atoms with Crippen molar-refractivity contribution in [3.05, 3.63) is 58.0 Å². The molecule has 1 aromatic carbocycles. The van der Waals surface area contributed by atoms with E-state index in [2.05, 4.69) is 54.1 Å². The zero-order chi connectivity index (χ0) is 37.2. The van der Waals surface area contributed by atoms with Gasteiger partial charge >= 0.3 is 6.18 Å². The van der Waals surface area contributed by atoms with Gasteiger partial charge in [0.25, 0.3) is 0 Å². The Morgan fingerprint density at radius 3 is 2.19 bits per heavy atom. The molecule has 13 heteroatoms. The van der Waals surface area contributed by atoms with E-state index in [1.165, 1.54) is 37.7 Å². The van der Waals surface area contributed by atoms with Crippen LogP contribution in [-0.2, 0) is 26.2 Å². The maximum Gasteiger partial charge on any atom is 0.417 e. The van der Waals surface area contributed by atoms with E-state index < -0.39 is 45.9 Å². The molecule has 0 radical (unpaired) electrons. The van der Waals surface area contributed by atoms with Gasteiger partial charge in [-0.25, -0.2) is 13.8 Å². The second-order valence-corrected chi connectivity index (χ2v) is 11.4. The Kier molecular flexibility index (Phi) is 20.5. The van der Waals surface area contributed by atoms with Crippen molar-refractivity contribution in [2.24, 2.45) is 24.6 Å². The molecule has 0 saturated heterocycles. The van der Waals surface area contributed by atoms with E-state index in [9.17, 15) is 22.4 Å². The third-order valence-electron chi connectivity index (χ3n) is 7.23. The topological polar surface area (TPSA) is 124 Å². The summed E-state index contributed by atoms with van der Waals surface area (Å²) in [5.41, 5.74) is 6.20. The highest BCUT2D eigenvalue weighted by atomic mass is 19.4. The number of hydrogen-bond donors (Lipinski definition) is 4. The van der Waals surface area contributed by atoms with Crippen LogP contribution in [0.4, 0.5) is 33.3 Å². The minimum Gasteiger partial charge on any atom is -0.396 e. The number of anilines is 2. The summed E-state index contributed by atoms with van der Waals surface area (Å²) in [5, 5.41) is 10.4. The van der Waals surface area contributed by atoms with Gasteiger partial charge in [-0.1, -0.05) is 61.3 Å². The predicted octanol–water partition coefficient (Wildman–Crippen LogP) is 8.32. The second-order valence-electron chi connectivity index (χ2n) is 11.4. The van der Waals surface area contributed by atoms with Gasteiger partial charge in [0.15, 0.2) is 12.1 Å². The van der Waals surface area contributed by atoms with E-state index in [1.807, 2.05) is 13.8 Å². The average molecular weight is 686 g/mol. The molecule has 0 spiro atoms. The molecule has 0 amide bonds. The molecule has 1 unspecified atom stereocenters. The zero-order valence-electron chi connectivity index (χ0n) is 30.2. The van der Waals surface area contributed by atoms with Gasteiger partial charge in [-0.05, 0) is 69.4 Å². The standard InChI is InChI=1S/C22H22F5N5O.C10H23N.C2H6.CH5N/c1-4-5-16-14(10-33)20(29-9-12-6-7-32(3)31-12)19(24)21(30-16)13-8-15(28)18(23)11(2)17(13)22(25,26)27;1-5-10(4)8-11-7-6-9(2)3;2*1-2/h6-8,10H,4-5,9,28H2,1-3H3,(H,29,30);9-11H,5-8H2,1-4H3;1-2H3;2H2,1H3. The van der Waals surface area contributed by atoms with Crippen molar-refractivity contribution in [3.63, 3.8) is 0 Å². The van der Waals surface area contributed by atoms with Crippen molar-refractivity contribution in [3.8, 4) is 11.3 Å². The van der Waals surface area contributed by atoms with Gasteiger partial charge < -0.3 is 22.1 Å². The Hall–Kier alpha value is -3.58. The largest absolute Gasteiger partial charge is 0.417 e. The fraction of sp³-hybridized carbons (Fsp3) is 0.571. The maximum atomic E-state index is 15.7. The summed E-state index contributed by atoms with van der Waals surface area (Å²) in [6, 6.07) is 2.38. The lowest BCUT2D eigenvalue weighted by molar-refractivity contribution is -0.137. The first-order valence-corrected chi connectivity index (χ1v) is 16.5. The first-order valence-electron chi connectivity index (χ1n) is 16.5. The number of aromatic nitrogens is 3. The van der Waals surface area contributed by atoms with Crippen molar-refractivity contribution in [1.82, 2.24) is 20.1 Å². The quantitative estimate of drug-likeness (QED) is 0.0618. The molecule has 1 atom stereocenters. The van der Waals surface area contributed by atoms with E-state index in [0.717, 1.165) is 24.8 Å². The number of carbonyl (C=O) groups is 1. The fourth-order valence-electron chi connectivity index (χ4n) is 4.52. The van der Waals surface area contributed by atoms with E-state index in [0.29, 0.717) is 18.4 Å². The lowest BCUT2D eigenvalue weighted by atomic mass is 9.95. The Labute approximate surface area is 283 Å². The molecule has 3 rings (SSSR count). The lowest BCUT2D eigenvalue weighted by Crippen LogP contribution is -2.22. The molecule has 0 saturated carbocycles. The Morgan fingerprint density at radius 1 is 1.08 bits per heavy atom. The fourth-order valence-corrected chi connectivity index (χ4v) is 4.52. The molecule has 3 aromatic rings. The number of nitrogen functional groups attached to an aromatic ring is 1. The number of aldehydes is 1. The highest BCUT2D eigenvalue weighted by Gasteiger charge is 2.39. The van der Waals surface area contributed by atoms with Gasteiger partial charge in [0.2, 0.25) is 0 Å². The molecule has 2 aromatic heterocycles. The number of halogens is 5. The highest BCUT2D eigenvalue weighted by molar-refractivity contribution is 5.88. The smallest absolute Gasteiger partial charge is 0.396 e. The molecule has 8 nitrogen and oxygen atoms in total. The number of nitrogens with one attached hydrogen (secondary N) is 2. The number of alkyl halides is 3. The molecule has 0 aliphatic rings. The molecule has 0 bridgehead atoms. The molecule has 272 valence electrons. The summed E-state index contributed by atoms with van der Waals surface area (Å²) in [4.78, 5) is 15.9. The Bertz CT molecular complexity index is 1390. The van der Waals surface area contributed by atoms with Crippen LogP contribution in [0, 0.1) is 30.4 Å². The molecular weight excluding hydrogens is 629 g/mol. The number of hydrogen-bond acceptors (Lipinski definition) is 7. The number of pyridine rings is 1. The minimum absolute atomic E-state index is 0.00430. The van der Waals surface area contributed by atoms with Crippen LogP contribution in [0.5, 0.6) is 0 Å². The zero-order valence-corrected chi connectivity index (χ0v) is 30.2. The predicted molar refractivity (Wildman–Crippen MR) is 187 cm³/mol. The summed E-state index contributed by atoms with van der Waals surface area (Å²) in [5.74, 6) is -0.747. The third-order valence-corrected chi connectivity index (χ3v) is 7.23. The Morgan fingerprint density at radius 2 is 1.71 bits per heavy atom. The van der Waals surface area contributed by atoms with Gasteiger partial charge in [0.1, 0.15) is 11.5 Å². The molecule has 2 heterocycles. The van der Waals surface area contributed by atoms with Crippen LogP contribution in [0.3, 0.4) is 0 Å². The number of aryl methyl sites for hydroxylation is 2. The van der Waals surface area contributed by atoms with Crippen molar-refractivity contribution < 1.29 is 26.7 Å². The summed E-state index contributed by atoms with van der Waals surface area (Å²) in [6.45, 7) is 18.1. The van der Waals surface area contributed by atoms with Gasteiger partial charge in [-0.3, -0.25) is 9.48 Å². The first-order chi connectivity index (χ1) is 22.7. The van der Waals surface area contributed by atoms with E-state index in [1.54, 1.807) is 26.2 Å². The van der Waals surface area contributed by atoms with Gasteiger partial charge in [0.05, 0.1) is 40.4 Å². The summed E-state index contributed by atoms with van der Waals surface area (Å²) in [7, 11) is 3.19. The van der Waals surface area contributed by atoms with Crippen molar-refractivity contribution in [2.45, 2.75) is 93.8 Å². The van der Waals surface area contributed by atoms with Crippen LogP contribution in [0.25, 0.3) is 11.3 Å². The van der Waals surface area contributed by atoms with Gasteiger partial charge in [-0.2, -0.15) is 18.3 Å². The molecule has 6 N–H and O–H groups in total. The summed E-state index contributed by atoms with van der Waals surface area (Å²) < 4.78 is 73.0. The van der Waals surface area contributed by atoms with E-state index in [-0.39, 0.29) is 29.9 Å². The van der Waals surface area contributed by atoms with Crippen molar-refractivity contribution in [2.75, 3.05) is 31.2 Å². The minimum atomic E-state index is -5.00. The van der Waals surface area contributed by atoms with Crippen LogP contribution in [0.15, 0.2) is 18.3 Å². The van der Waals surface area contributed by atoms with Crippen LogP contribution in [0.2, 0.25) is 0 Å². The third kappa shape index (κ3) is 13.1. The van der Waals surface area contributed by atoms with Crippen LogP contribution in [0.1, 0.15) is 101 Å². The highest BCUT2D eigenvalue weighted by Crippen LogP contribution is 2.43. The van der Waals surface area contributed by atoms with E-state index in [4.69, 9.17) is 5.73 Å². The van der Waals surface area contributed by atoms with Crippen LogP contribution < -0.4 is 22.1 Å². The molecule has 0 aliphatic carbocycles. The number of rotatable bonds is 13. The monoisotopic (exact) mass is 685 g/mol. The van der Waals surface area contributed by atoms with Gasteiger partial charge in [0, 0.05) is 18.8 Å². The SMILES string of the molecule is CC.CCC(C)CNCCC(C)C.CCCc1nc(-c2cc(N)c(F)c(C)c2C(F)(F)F)c(F)c(NCc2ccn(C)n2)c1C=O.CN. The Balaban J connectivity index is 0.00000124. The summed E-state index contributed by atoms with van der Waals surface area (Å²) in [6.07, 6.45) is 0.351. The first kappa shape index (κ1) is 44.4. The van der Waals surface area contributed by atoms with Gasteiger partial charge in [-0.15, -0.1) is 0 Å². The number of benzene rings is 1. The molecule has 0 fully saturated rings. The lowest BCUT2D eigenvalue weighted by Gasteiger charge is -2.20. The van der Waals surface area contributed by atoms with Crippen molar-refractivity contribution >= 4 is 17.7 Å². The molecule has 0 aliphatic heterocycles. The maximum absolute atomic E-state index is 15.7. The summed E-state index contributed by atoms with van der Waals surface area (Å²) >= 11 is 0. The normalized spacial score (nSPS) is 11.4. The number of nitrogens with zero attached hydrogens (tertiary/aromatic N) is 3. The van der Waals surface area contributed by atoms with Crippen LogP contribution in [-0.4, -0.2) is 41.2 Å². The second kappa shape index (κ2) is 22.1. The van der Waals surface area contributed by atoms with E-state index >= 15 is 4.39 Å². The van der Waals surface area contributed by atoms with Crippen LogP contribution >= 0.6 is 0 Å². The molecule has 48 heavy (non-hydrogen) atoms.